The highest BCUT2D eigenvalue weighted by atomic mass is 32.2. The van der Waals surface area contributed by atoms with Crippen LogP contribution in [0, 0.1) is 13.8 Å². The van der Waals surface area contributed by atoms with Gasteiger partial charge in [0.25, 0.3) is 0 Å². The molecule has 0 fully saturated rings. The molecule has 0 bridgehead atoms. The van der Waals surface area contributed by atoms with Crippen LogP contribution in [-0.2, 0) is 16.6 Å². The van der Waals surface area contributed by atoms with E-state index in [9.17, 15) is 8.42 Å². The molecule has 1 N–H and O–H groups in total. The molecule has 0 saturated carbocycles. The predicted octanol–water partition coefficient (Wildman–Crippen LogP) is 2.25. The van der Waals surface area contributed by atoms with Crippen molar-refractivity contribution in [3.05, 3.63) is 39.8 Å². The van der Waals surface area contributed by atoms with Gasteiger partial charge in [-0.3, -0.25) is 0 Å². The number of nitrogens with one attached hydrogen (secondary N) is 1. The van der Waals surface area contributed by atoms with Crippen LogP contribution in [-0.4, -0.2) is 20.5 Å². The maximum absolute atomic E-state index is 12.4. The largest absolute Gasteiger partial charge is 0.495 e. The Kier molecular flexibility index (Phi) is 4.42. The number of hydrogen-bond donors (Lipinski definition) is 1. The molecule has 7 heteroatoms. The minimum absolute atomic E-state index is 0.152. The standard InChI is InChI=1S/C13H16N2O3S2/c1-9-6-11(18-3)12(7-10(9)2)20(16,17)15-8-13-14-4-5-19-13/h4-7,15H,8H2,1-3H3. The van der Waals surface area contributed by atoms with Crippen molar-refractivity contribution in [3.8, 4) is 5.75 Å². The fourth-order valence-corrected chi connectivity index (χ4v) is 3.58. The lowest BCUT2D eigenvalue weighted by molar-refractivity contribution is 0.401. The molecule has 0 amide bonds. The number of benzene rings is 1. The van der Waals surface area contributed by atoms with Crippen molar-refractivity contribution in [1.82, 2.24) is 9.71 Å². The number of sulfonamides is 1. The number of hydrogen-bond acceptors (Lipinski definition) is 5. The summed E-state index contributed by atoms with van der Waals surface area (Å²) >= 11 is 1.41. The highest BCUT2D eigenvalue weighted by Crippen LogP contribution is 2.27. The summed E-state index contributed by atoms with van der Waals surface area (Å²) in [6.45, 7) is 3.96. The summed E-state index contributed by atoms with van der Waals surface area (Å²) in [5.74, 6) is 0.347. The number of ether oxygens (including phenoxy) is 1. The van der Waals surface area contributed by atoms with E-state index >= 15 is 0 Å². The number of rotatable bonds is 5. The second-order valence-corrected chi connectivity index (χ2v) is 7.05. The minimum Gasteiger partial charge on any atom is -0.495 e. The first-order valence-electron chi connectivity index (χ1n) is 5.97. The first-order valence-corrected chi connectivity index (χ1v) is 8.33. The van der Waals surface area contributed by atoms with Gasteiger partial charge >= 0.3 is 0 Å². The van der Waals surface area contributed by atoms with Crippen molar-refractivity contribution in [1.29, 1.82) is 0 Å². The summed E-state index contributed by atoms with van der Waals surface area (Å²) in [6, 6.07) is 3.35. The summed E-state index contributed by atoms with van der Waals surface area (Å²) in [6.07, 6.45) is 1.64. The lowest BCUT2D eigenvalue weighted by atomic mass is 10.1. The maximum atomic E-state index is 12.4. The zero-order valence-corrected chi connectivity index (χ0v) is 13.1. The fraction of sp³-hybridized carbons (Fsp3) is 0.308. The van der Waals surface area contributed by atoms with Gasteiger partial charge in [0.15, 0.2) is 0 Å². The summed E-state index contributed by atoms with van der Waals surface area (Å²) < 4.78 is 32.4. The van der Waals surface area contributed by atoms with Gasteiger partial charge in [0.05, 0.1) is 13.7 Å². The molecule has 0 spiro atoms. The first kappa shape index (κ1) is 15.0. The molecular weight excluding hydrogens is 296 g/mol. The van der Waals surface area contributed by atoms with Gasteiger partial charge in [-0.25, -0.2) is 18.1 Å². The third kappa shape index (κ3) is 3.17. The van der Waals surface area contributed by atoms with E-state index in [0.29, 0.717) is 5.75 Å². The van der Waals surface area contributed by atoms with Crippen molar-refractivity contribution in [2.75, 3.05) is 7.11 Å². The number of thiazole rings is 1. The number of nitrogens with zero attached hydrogens (tertiary/aromatic N) is 1. The third-order valence-electron chi connectivity index (χ3n) is 2.97. The van der Waals surface area contributed by atoms with Gasteiger partial charge in [-0.2, -0.15) is 0 Å². The average molecular weight is 312 g/mol. The van der Waals surface area contributed by atoms with Crippen LogP contribution in [0.3, 0.4) is 0 Å². The molecule has 2 aromatic rings. The number of methoxy groups -OCH3 is 1. The van der Waals surface area contributed by atoms with Gasteiger partial charge in [0, 0.05) is 11.6 Å². The van der Waals surface area contributed by atoms with E-state index in [1.54, 1.807) is 23.7 Å². The second-order valence-electron chi connectivity index (χ2n) is 4.34. The smallest absolute Gasteiger partial charge is 0.244 e. The van der Waals surface area contributed by atoms with Crippen molar-refractivity contribution in [3.63, 3.8) is 0 Å². The highest BCUT2D eigenvalue weighted by molar-refractivity contribution is 7.89. The van der Waals surface area contributed by atoms with E-state index < -0.39 is 10.0 Å². The number of aromatic nitrogens is 1. The number of aryl methyl sites for hydroxylation is 2. The SMILES string of the molecule is COc1cc(C)c(C)cc1S(=O)(=O)NCc1nccs1. The van der Waals surface area contributed by atoms with Gasteiger partial charge in [0.1, 0.15) is 15.7 Å². The zero-order chi connectivity index (χ0) is 14.8. The normalized spacial score (nSPS) is 11.6. The summed E-state index contributed by atoms with van der Waals surface area (Å²) in [7, 11) is -2.16. The molecule has 108 valence electrons. The van der Waals surface area contributed by atoms with Crippen molar-refractivity contribution < 1.29 is 13.2 Å². The molecule has 1 heterocycles. The van der Waals surface area contributed by atoms with E-state index in [1.807, 2.05) is 13.8 Å². The molecule has 0 unspecified atom stereocenters. The van der Waals surface area contributed by atoms with Crippen LogP contribution in [0.25, 0.3) is 0 Å². The molecular formula is C13H16N2O3S2. The molecule has 0 aliphatic carbocycles. The molecule has 0 atom stereocenters. The van der Waals surface area contributed by atoms with Gasteiger partial charge in [-0.15, -0.1) is 11.3 Å². The molecule has 1 aromatic heterocycles. The van der Waals surface area contributed by atoms with E-state index in [-0.39, 0.29) is 11.4 Å². The second kappa shape index (κ2) is 5.90. The molecule has 2 rings (SSSR count). The van der Waals surface area contributed by atoms with Gasteiger partial charge < -0.3 is 4.74 Å². The third-order valence-corrected chi connectivity index (χ3v) is 5.17. The van der Waals surface area contributed by atoms with E-state index in [1.165, 1.54) is 18.4 Å². The summed E-state index contributed by atoms with van der Waals surface area (Å²) in [4.78, 5) is 4.20. The highest BCUT2D eigenvalue weighted by Gasteiger charge is 2.20. The van der Waals surface area contributed by atoms with Crippen LogP contribution in [0.15, 0.2) is 28.6 Å². The van der Waals surface area contributed by atoms with E-state index in [0.717, 1.165) is 16.1 Å². The first-order chi connectivity index (χ1) is 9.44. The van der Waals surface area contributed by atoms with Crippen molar-refractivity contribution in [2.45, 2.75) is 25.3 Å². The molecule has 0 saturated heterocycles. The molecule has 0 aliphatic heterocycles. The van der Waals surface area contributed by atoms with Crippen LogP contribution in [0.4, 0.5) is 0 Å². The Labute approximate surface area is 122 Å². The summed E-state index contributed by atoms with van der Waals surface area (Å²) in [5, 5.41) is 2.52. The summed E-state index contributed by atoms with van der Waals surface area (Å²) in [5.41, 5.74) is 1.89. The molecule has 1 aromatic carbocycles. The monoisotopic (exact) mass is 312 g/mol. The van der Waals surface area contributed by atoms with Crippen LogP contribution in [0.2, 0.25) is 0 Å². The Bertz CT molecular complexity index is 695. The lowest BCUT2D eigenvalue weighted by Crippen LogP contribution is -2.24. The van der Waals surface area contributed by atoms with Crippen molar-refractivity contribution in [2.24, 2.45) is 0 Å². The van der Waals surface area contributed by atoms with Gasteiger partial charge in [-0.05, 0) is 37.1 Å². The van der Waals surface area contributed by atoms with Crippen LogP contribution >= 0.6 is 11.3 Å². The van der Waals surface area contributed by atoms with Crippen LogP contribution < -0.4 is 9.46 Å². The Morgan fingerprint density at radius 2 is 2.00 bits per heavy atom. The predicted molar refractivity (Wildman–Crippen MR) is 78.6 cm³/mol. The lowest BCUT2D eigenvalue weighted by Gasteiger charge is -2.12. The van der Waals surface area contributed by atoms with Crippen molar-refractivity contribution >= 4 is 21.4 Å². The Balaban J connectivity index is 2.31. The Hall–Kier alpha value is -1.44. The molecule has 20 heavy (non-hydrogen) atoms. The average Bonchev–Trinajstić information content (AvgIpc) is 2.92. The molecule has 0 radical (unpaired) electrons. The fourth-order valence-electron chi connectivity index (χ4n) is 1.71. The minimum atomic E-state index is -3.63. The maximum Gasteiger partial charge on any atom is 0.244 e. The van der Waals surface area contributed by atoms with Gasteiger partial charge in [-0.1, -0.05) is 0 Å². The van der Waals surface area contributed by atoms with Crippen LogP contribution in [0.5, 0.6) is 5.75 Å². The topological polar surface area (TPSA) is 68.3 Å². The van der Waals surface area contributed by atoms with E-state index in [4.69, 9.17) is 4.74 Å². The Morgan fingerprint density at radius 1 is 1.30 bits per heavy atom. The molecule has 5 nitrogen and oxygen atoms in total. The quantitative estimate of drug-likeness (QED) is 0.919. The van der Waals surface area contributed by atoms with Gasteiger partial charge in [0.2, 0.25) is 10.0 Å². The van der Waals surface area contributed by atoms with Crippen LogP contribution in [0.1, 0.15) is 16.1 Å². The zero-order valence-electron chi connectivity index (χ0n) is 11.5. The molecule has 0 aliphatic rings. The Morgan fingerprint density at radius 3 is 2.60 bits per heavy atom. The van der Waals surface area contributed by atoms with E-state index in [2.05, 4.69) is 9.71 Å².